The van der Waals surface area contributed by atoms with Crippen molar-refractivity contribution in [2.45, 2.75) is 55.5 Å². The first kappa shape index (κ1) is 25.5. The van der Waals surface area contributed by atoms with Crippen molar-refractivity contribution in [1.29, 1.82) is 0 Å². The quantitative estimate of drug-likeness (QED) is 0.527. The van der Waals surface area contributed by atoms with Crippen LogP contribution in [0.15, 0.2) is 52.5 Å². The Morgan fingerprint density at radius 3 is 2.30 bits per heavy atom. The van der Waals surface area contributed by atoms with Gasteiger partial charge >= 0.3 is 0 Å². The van der Waals surface area contributed by atoms with Gasteiger partial charge in [-0.1, -0.05) is 50.6 Å². The van der Waals surface area contributed by atoms with Crippen LogP contribution in [0.2, 0.25) is 0 Å². The lowest BCUT2D eigenvalue weighted by Gasteiger charge is -2.23. The molecule has 180 valence electrons. The van der Waals surface area contributed by atoms with Crippen LogP contribution in [0.3, 0.4) is 0 Å². The lowest BCUT2D eigenvalue weighted by atomic mass is 9.96. The van der Waals surface area contributed by atoms with E-state index in [-0.39, 0.29) is 28.5 Å². The van der Waals surface area contributed by atoms with Gasteiger partial charge in [0.25, 0.3) is 0 Å². The molecule has 1 aliphatic heterocycles. The van der Waals surface area contributed by atoms with E-state index in [9.17, 15) is 13.2 Å². The highest BCUT2D eigenvalue weighted by atomic mass is 32.2. The highest BCUT2D eigenvalue weighted by molar-refractivity contribution is 7.99. The average Bonchev–Trinajstić information content (AvgIpc) is 3.12. The molecule has 1 N–H and O–H groups in total. The van der Waals surface area contributed by atoms with Gasteiger partial charge in [-0.2, -0.15) is 4.31 Å². The van der Waals surface area contributed by atoms with Crippen LogP contribution in [0.1, 0.15) is 51.1 Å². The van der Waals surface area contributed by atoms with Crippen LogP contribution in [0.5, 0.6) is 5.75 Å². The van der Waals surface area contributed by atoms with Gasteiger partial charge in [0.2, 0.25) is 15.9 Å². The first-order valence-corrected chi connectivity index (χ1v) is 13.8. The lowest BCUT2D eigenvalue weighted by Crippen LogP contribution is -2.33. The minimum Gasteiger partial charge on any atom is -0.497 e. The highest BCUT2D eigenvalue weighted by Gasteiger charge is 2.25. The summed E-state index contributed by atoms with van der Waals surface area (Å²) in [5.41, 5.74) is 1.02. The number of aromatic nitrogens is 1. The fourth-order valence-electron chi connectivity index (χ4n) is 3.84. The van der Waals surface area contributed by atoms with E-state index in [1.165, 1.54) is 18.0 Å². The SMILES string of the molecule is COc1ccc([C@@H](NC(=O)CSc2ccc(S(=O)(=O)N3CCCCCC3)cn2)C(C)C)cc1. The van der Waals surface area contributed by atoms with E-state index >= 15 is 0 Å². The van der Waals surface area contributed by atoms with Crippen LogP contribution in [0, 0.1) is 5.92 Å². The lowest BCUT2D eigenvalue weighted by molar-refractivity contribution is -0.119. The Kier molecular flexibility index (Phi) is 9.17. The molecule has 3 rings (SSSR count). The number of rotatable bonds is 9. The molecular formula is C24H33N3O4S2. The van der Waals surface area contributed by atoms with Crippen LogP contribution in [0.4, 0.5) is 0 Å². The fourth-order valence-corrected chi connectivity index (χ4v) is 5.95. The van der Waals surface area contributed by atoms with Crippen LogP contribution in [-0.2, 0) is 14.8 Å². The van der Waals surface area contributed by atoms with Crippen molar-refractivity contribution in [2.24, 2.45) is 5.92 Å². The smallest absolute Gasteiger partial charge is 0.244 e. The van der Waals surface area contributed by atoms with Crippen LogP contribution >= 0.6 is 11.8 Å². The van der Waals surface area contributed by atoms with Crippen molar-refractivity contribution in [3.63, 3.8) is 0 Å². The van der Waals surface area contributed by atoms with E-state index in [1.54, 1.807) is 23.5 Å². The van der Waals surface area contributed by atoms with Gasteiger partial charge in [0.1, 0.15) is 10.6 Å². The van der Waals surface area contributed by atoms with Gasteiger partial charge in [-0.05, 0) is 48.6 Å². The maximum atomic E-state index is 12.9. The Hall–Kier alpha value is -2.10. The number of amides is 1. The minimum atomic E-state index is -3.52. The molecular weight excluding hydrogens is 458 g/mol. The first-order chi connectivity index (χ1) is 15.8. The van der Waals surface area contributed by atoms with E-state index in [0.717, 1.165) is 37.0 Å². The van der Waals surface area contributed by atoms with Crippen molar-refractivity contribution >= 4 is 27.7 Å². The van der Waals surface area contributed by atoms with Gasteiger partial charge in [0.15, 0.2) is 0 Å². The first-order valence-electron chi connectivity index (χ1n) is 11.3. The third kappa shape index (κ3) is 6.94. The second-order valence-corrected chi connectivity index (χ2v) is 11.4. The summed E-state index contributed by atoms with van der Waals surface area (Å²) in [6.45, 7) is 5.25. The number of nitrogens with one attached hydrogen (secondary N) is 1. The predicted molar refractivity (Wildman–Crippen MR) is 131 cm³/mol. The number of sulfonamides is 1. The molecule has 33 heavy (non-hydrogen) atoms. The number of methoxy groups -OCH3 is 1. The Morgan fingerprint density at radius 2 is 1.76 bits per heavy atom. The number of ether oxygens (including phenoxy) is 1. The van der Waals surface area contributed by atoms with Crippen LogP contribution in [-0.4, -0.2) is 49.6 Å². The van der Waals surface area contributed by atoms with Crippen molar-refractivity contribution in [2.75, 3.05) is 26.0 Å². The molecule has 1 saturated heterocycles. The molecule has 2 heterocycles. The molecule has 1 atom stereocenters. The molecule has 2 aromatic rings. The van der Waals surface area contributed by atoms with Crippen LogP contribution in [0.25, 0.3) is 0 Å². The van der Waals surface area contributed by atoms with Gasteiger partial charge in [-0.25, -0.2) is 13.4 Å². The van der Waals surface area contributed by atoms with Gasteiger partial charge in [-0.15, -0.1) is 0 Å². The van der Waals surface area contributed by atoms with E-state index in [4.69, 9.17) is 4.74 Å². The van der Waals surface area contributed by atoms with E-state index in [1.807, 2.05) is 24.3 Å². The van der Waals surface area contributed by atoms with E-state index < -0.39 is 10.0 Å². The number of thioether (sulfide) groups is 1. The topological polar surface area (TPSA) is 88.6 Å². The number of carbonyl (C=O) groups excluding carboxylic acids is 1. The van der Waals surface area contributed by atoms with Gasteiger partial charge < -0.3 is 10.1 Å². The maximum absolute atomic E-state index is 12.9. The summed E-state index contributed by atoms with van der Waals surface area (Å²) >= 11 is 1.29. The molecule has 7 nitrogen and oxygen atoms in total. The molecule has 0 saturated carbocycles. The second-order valence-electron chi connectivity index (χ2n) is 8.50. The van der Waals surface area contributed by atoms with Crippen molar-refractivity contribution in [3.05, 3.63) is 48.2 Å². The summed E-state index contributed by atoms with van der Waals surface area (Å²) in [5, 5.41) is 3.71. The summed E-state index contributed by atoms with van der Waals surface area (Å²) in [6.07, 6.45) is 5.32. The summed E-state index contributed by atoms with van der Waals surface area (Å²) in [7, 11) is -1.90. The number of hydrogen-bond acceptors (Lipinski definition) is 6. The number of pyridine rings is 1. The molecule has 1 aromatic heterocycles. The standard InChI is InChI=1S/C24H33N3O4S2/c1-18(2)24(19-8-10-20(31-3)11-9-19)26-22(28)17-32-23-13-12-21(16-25-23)33(29,30)27-14-6-4-5-7-15-27/h8-13,16,18,24H,4-7,14-15,17H2,1-3H3,(H,26,28)/t24-/m0/s1. The number of nitrogens with zero attached hydrogens (tertiary/aromatic N) is 2. The fraction of sp³-hybridized carbons (Fsp3) is 0.500. The normalized spacial score (nSPS) is 16.2. The third-order valence-corrected chi connectivity index (χ3v) is 8.55. The summed E-state index contributed by atoms with van der Waals surface area (Å²) in [5.74, 6) is 1.09. The van der Waals surface area contributed by atoms with E-state index in [0.29, 0.717) is 18.1 Å². The van der Waals surface area contributed by atoms with Gasteiger partial charge in [0, 0.05) is 19.3 Å². The molecule has 0 radical (unpaired) electrons. The van der Waals surface area contributed by atoms with Crippen molar-refractivity contribution in [3.8, 4) is 5.75 Å². The number of hydrogen-bond donors (Lipinski definition) is 1. The molecule has 0 unspecified atom stereocenters. The van der Waals surface area contributed by atoms with Gasteiger partial charge in [0.05, 0.1) is 23.9 Å². The minimum absolute atomic E-state index is 0.0995. The summed E-state index contributed by atoms with van der Waals surface area (Å²) in [4.78, 5) is 17.1. The molecule has 9 heteroatoms. The van der Waals surface area contributed by atoms with Crippen LogP contribution < -0.4 is 10.1 Å². The molecule has 0 bridgehead atoms. The zero-order chi connectivity index (χ0) is 23.8. The zero-order valence-corrected chi connectivity index (χ0v) is 21.1. The zero-order valence-electron chi connectivity index (χ0n) is 19.5. The molecule has 1 aliphatic rings. The number of carbonyl (C=O) groups is 1. The second kappa shape index (κ2) is 11.9. The third-order valence-electron chi connectivity index (χ3n) is 5.72. The Balaban J connectivity index is 1.58. The van der Waals surface area contributed by atoms with Gasteiger partial charge in [-0.3, -0.25) is 4.79 Å². The average molecular weight is 492 g/mol. The Bertz CT molecular complexity index is 1000. The highest BCUT2D eigenvalue weighted by Crippen LogP contribution is 2.25. The largest absolute Gasteiger partial charge is 0.497 e. The van der Waals surface area contributed by atoms with Crippen molar-refractivity contribution in [1.82, 2.24) is 14.6 Å². The predicted octanol–water partition coefficient (Wildman–Crippen LogP) is 4.26. The Morgan fingerprint density at radius 1 is 1.09 bits per heavy atom. The molecule has 1 amide bonds. The summed E-state index contributed by atoms with van der Waals surface area (Å²) in [6, 6.07) is 10.8. The van der Waals surface area contributed by atoms with Crippen molar-refractivity contribution < 1.29 is 17.9 Å². The summed E-state index contributed by atoms with van der Waals surface area (Å²) < 4.78 is 32.5. The molecule has 0 aliphatic carbocycles. The maximum Gasteiger partial charge on any atom is 0.244 e. The number of benzene rings is 1. The van der Waals surface area contributed by atoms with E-state index in [2.05, 4.69) is 24.1 Å². The molecule has 1 aromatic carbocycles. The molecule has 1 fully saturated rings. The molecule has 0 spiro atoms. The monoisotopic (exact) mass is 491 g/mol. The Labute approximate surface area is 201 Å².